The van der Waals surface area contributed by atoms with E-state index in [9.17, 15) is 0 Å². The summed E-state index contributed by atoms with van der Waals surface area (Å²) in [5.74, 6) is 1.12. The molecule has 0 amide bonds. The number of aromatic nitrogens is 2. The number of imidazole rings is 1. The molecule has 2 aromatic rings. The van der Waals surface area contributed by atoms with Crippen LogP contribution in [0.2, 0.25) is 5.02 Å². The summed E-state index contributed by atoms with van der Waals surface area (Å²) in [6.45, 7) is 2.19. The van der Waals surface area contributed by atoms with Crippen LogP contribution in [0.15, 0.2) is 23.4 Å². The first-order valence-electron chi connectivity index (χ1n) is 5.07. The number of hydrogen-bond acceptors (Lipinski definition) is 2. The van der Waals surface area contributed by atoms with Crippen molar-refractivity contribution in [3.63, 3.8) is 0 Å². The minimum Gasteiger partial charge on any atom is -0.333 e. The third-order valence-electron chi connectivity index (χ3n) is 2.16. The highest BCUT2D eigenvalue weighted by Crippen LogP contribution is 2.22. The number of nitrogens with zero attached hydrogens (tertiary/aromatic N) is 1. The van der Waals surface area contributed by atoms with Crippen molar-refractivity contribution in [2.45, 2.75) is 24.9 Å². The fourth-order valence-electron chi connectivity index (χ4n) is 1.34. The molecule has 0 unspecified atom stereocenters. The van der Waals surface area contributed by atoms with Crippen LogP contribution < -0.4 is 0 Å². The maximum Gasteiger partial charge on any atom is 0.166 e. The van der Waals surface area contributed by atoms with Gasteiger partial charge in [0.15, 0.2) is 5.16 Å². The second-order valence-corrected chi connectivity index (χ2v) is 4.93. The fourth-order valence-corrected chi connectivity index (χ4v) is 2.48. The Bertz CT molecular complexity index is 453. The predicted molar refractivity (Wildman–Crippen MR) is 66.7 cm³/mol. The average Bonchev–Trinajstić information content (AvgIpc) is 2.60. The molecule has 4 heteroatoms. The van der Waals surface area contributed by atoms with E-state index in [2.05, 4.69) is 16.9 Å². The molecule has 15 heavy (non-hydrogen) atoms. The van der Waals surface area contributed by atoms with Gasteiger partial charge in [-0.15, -0.1) is 0 Å². The van der Waals surface area contributed by atoms with E-state index in [0.717, 1.165) is 27.0 Å². The molecule has 0 bridgehead atoms. The Labute approximate surface area is 98.4 Å². The third kappa shape index (κ3) is 2.67. The van der Waals surface area contributed by atoms with E-state index in [0.29, 0.717) is 0 Å². The van der Waals surface area contributed by atoms with Crippen LogP contribution in [0.1, 0.15) is 19.8 Å². The van der Waals surface area contributed by atoms with Crippen LogP contribution in [-0.2, 0) is 0 Å². The maximum absolute atomic E-state index is 5.90. The van der Waals surface area contributed by atoms with Crippen LogP contribution in [0.5, 0.6) is 0 Å². The quantitative estimate of drug-likeness (QED) is 0.644. The highest BCUT2D eigenvalue weighted by atomic mass is 35.5. The van der Waals surface area contributed by atoms with Crippen molar-refractivity contribution in [3.8, 4) is 0 Å². The molecule has 1 heterocycles. The van der Waals surface area contributed by atoms with Gasteiger partial charge in [-0.05, 0) is 24.6 Å². The lowest BCUT2D eigenvalue weighted by Gasteiger charge is -1.93. The van der Waals surface area contributed by atoms with Crippen LogP contribution in [-0.4, -0.2) is 15.7 Å². The first-order chi connectivity index (χ1) is 7.29. The topological polar surface area (TPSA) is 28.7 Å². The number of fused-ring (bicyclic) bond motifs is 1. The summed E-state index contributed by atoms with van der Waals surface area (Å²) in [7, 11) is 0. The summed E-state index contributed by atoms with van der Waals surface area (Å²) in [6, 6.07) is 5.72. The van der Waals surface area contributed by atoms with Crippen molar-refractivity contribution in [1.29, 1.82) is 0 Å². The maximum atomic E-state index is 5.90. The van der Waals surface area contributed by atoms with Crippen molar-refractivity contribution in [3.05, 3.63) is 23.2 Å². The molecule has 2 nitrogen and oxygen atoms in total. The number of rotatable bonds is 4. The van der Waals surface area contributed by atoms with Gasteiger partial charge in [0.2, 0.25) is 0 Å². The van der Waals surface area contributed by atoms with E-state index in [1.54, 1.807) is 11.8 Å². The lowest BCUT2D eigenvalue weighted by Crippen LogP contribution is -1.79. The van der Waals surface area contributed by atoms with E-state index in [1.807, 2.05) is 18.2 Å². The first kappa shape index (κ1) is 10.8. The van der Waals surface area contributed by atoms with Crippen LogP contribution in [0.25, 0.3) is 11.0 Å². The summed E-state index contributed by atoms with van der Waals surface area (Å²) in [5.41, 5.74) is 2.00. The van der Waals surface area contributed by atoms with Gasteiger partial charge in [0.25, 0.3) is 0 Å². The number of halogens is 1. The zero-order chi connectivity index (χ0) is 10.7. The molecule has 1 aromatic carbocycles. The number of nitrogens with one attached hydrogen (secondary N) is 1. The van der Waals surface area contributed by atoms with Gasteiger partial charge in [-0.3, -0.25) is 0 Å². The molecule has 0 aliphatic heterocycles. The van der Waals surface area contributed by atoms with Gasteiger partial charge in [0.05, 0.1) is 11.0 Å². The van der Waals surface area contributed by atoms with Crippen molar-refractivity contribution < 1.29 is 0 Å². The van der Waals surface area contributed by atoms with Crippen molar-refractivity contribution in [2.24, 2.45) is 0 Å². The monoisotopic (exact) mass is 240 g/mol. The second kappa shape index (κ2) is 4.90. The Morgan fingerprint density at radius 1 is 1.47 bits per heavy atom. The van der Waals surface area contributed by atoms with Crippen molar-refractivity contribution in [1.82, 2.24) is 9.97 Å². The molecule has 0 aliphatic carbocycles. The zero-order valence-electron chi connectivity index (χ0n) is 8.59. The van der Waals surface area contributed by atoms with Crippen LogP contribution in [0.3, 0.4) is 0 Å². The smallest absolute Gasteiger partial charge is 0.166 e. The molecular weight excluding hydrogens is 228 g/mol. The molecular formula is C11H13ClN2S. The van der Waals surface area contributed by atoms with E-state index in [4.69, 9.17) is 11.6 Å². The summed E-state index contributed by atoms with van der Waals surface area (Å²) in [5, 5.41) is 1.73. The van der Waals surface area contributed by atoms with E-state index in [1.165, 1.54) is 12.8 Å². The molecule has 0 saturated carbocycles. The molecule has 1 N–H and O–H groups in total. The molecule has 0 saturated heterocycles. The van der Waals surface area contributed by atoms with Gasteiger partial charge < -0.3 is 4.98 Å². The molecule has 0 radical (unpaired) electrons. The molecule has 80 valence electrons. The minimum absolute atomic E-state index is 0.747. The summed E-state index contributed by atoms with van der Waals surface area (Å²) in [4.78, 5) is 7.74. The SMILES string of the molecule is CCCCSc1nc2ccc(Cl)cc2[nH]1. The van der Waals surface area contributed by atoms with Crippen LogP contribution in [0.4, 0.5) is 0 Å². The standard InChI is InChI=1S/C11H13ClN2S/c1-2-3-6-15-11-13-9-5-4-8(12)7-10(9)14-11/h4-5,7H,2-3,6H2,1H3,(H,13,14). The summed E-state index contributed by atoms with van der Waals surface area (Å²) in [6.07, 6.45) is 2.45. The molecule has 0 aliphatic rings. The molecule has 0 spiro atoms. The predicted octanol–water partition coefficient (Wildman–Crippen LogP) is 4.11. The number of H-pyrrole nitrogens is 1. The number of aromatic amines is 1. The lowest BCUT2D eigenvalue weighted by atomic mass is 10.3. The van der Waals surface area contributed by atoms with Gasteiger partial charge in [0.1, 0.15) is 0 Å². The van der Waals surface area contributed by atoms with Gasteiger partial charge >= 0.3 is 0 Å². The molecule has 1 aromatic heterocycles. The zero-order valence-corrected chi connectivity index (χ0v) is 10.2. The van der Waals surface area contributed by atoms with Gasteiger partial charge in [-0.25, -0.2) is 4.98 Å². The normalized spacial score (nSPS) is 11.1. The number of thioether (sulfide) groups is 1. The Kier molecular flexibility index (Phi) is 3.54. The third-order valence-corrected chi connectivity index (χ3v) is 3.35. The van der Waals surface area contributed by atoms with Gasteiger partial charge in [-0.1, -0.05) is 36.7 Å². The Balaban J connectivity index is 2.16. The van der Waals surface area contributed by atoms with E-state index in [-0.39, 0.29) is 0 Å². The Morgan fingerprint density at radius 2 is 2.33 bits per heavy atom. The molecule has 0 fully saturated rings. The largest absolute Gasteiger partial charge is 0.333 e. The second-order valence-electron chi connectivity index (χ2n) is 3.41. The average molecular weight is 241 g/mol. The minimum atomic E-state index is 0.747. The highest BCUT2D eigenvalue weighted by molar-refractivity contribution is 7.99. The highest BCUT2D eigenvalue weighted by Gasteiger charge is 2.02. The Hall–Kier alpha value is -0.670. The molecule has 0 atom stereocenters. The van der Waals surface area contributed by atoms with Crippen LogP contribution >= 0.6 is 23.4 Å². The van der Waals surface area contributed by atoms with Crippen molar-refractivity contribution >= 4 is 34.4 Å². The van der Waals surface area contributed by atoms with Crippen LogP contribution in [0, 0.1) is 0 Å². The van der Waals surface area contributed by atoms with Gasteiger partial charge in [0, 0.05) is 10.8 Å². The number of unbranched alkanes of at least 4 members (excludes halogenated alkanes) is 1. The number of benzene rings is 1. The van der Waals surface area contributed by atoms with Gasteiger partial charge in [-0.2, -0.15) is 0 Å². The van der Waals surface area contributed by atoms with E-state index < -0.39 is 0 Å². The Morgan fingerprint density at radius 3 is 3.13 bits per heavy atom. The first-order valence-corrected chi connectivity index (χ1v) is 6.44. The lowest BCUT2D eigenvalue weighted by molar-refractivity contribution is 0.893. The molecule has 2 rings (SSSR count). The van der Waals surface area contributed by atoms with E-state index >= 15 is 0 Å². The summed E-state index contributed by atoms with van der Waals surface area (Å²) < 4.78 is 0. The fraction of sp³-hybridized carbons (Fsp3) is 0.364. The van der Waals surface area contributed by atoms with Crippen molar-refractivity contribution in [2.75, 3.05) is 5.75 Å². The summed E-state index contributed by atoms with van der Waals surface area (Å²) >= 11 is 7.67. The number of hydrogen-bond donors (Lipinski definition) is 1.